The molecule has 0 spiro atoms. The second kappa shape index (κ2) is 10.1. The van der Waals surface area contributed by atoms with E-state index in [1.54, 1.807) is 0 Å². The number of amides is 2. The van der Waals surface area contributed by atoms with Crippen molar-refractivity contribution in [3.05, 3.63) is 65.2 Å². The van der Waals surface area contributed by atoms with E-state index in [0.29, 0.717) is 38.1 Å². The van der Waals surface area contributed by atoms with Crippen LogP contribution in [-0.2, 0) is 4.79 Å². The number of benzene rings is 2. The number of hydrogen-bond donors (Lipinski definition) is 1. The molecule has 0 saturated carbocycles. The molecule has 0 aliphatic carbocycles. The zero-order valence-electron chi connectivity index (χ0n) is 17.3. The highest BCUT2D eigenvalue weighted by atomic mass is 16.5. The maximum Gasteiger partial charge on any atom is 0.251 e. The maximum atomic E-state index is 12.5. The molecule has 5 heteroatoms. The highest BCUT2D eigenvalue weighted by Gasteiger charge is 2.23. The summed E-state index contributed by atoms with van der Waals surface area (Å²) in [5, 5.41) is 3.08. The van der Waals surface area contributed by atoms with Crippen LogP contribution >= 0.6 is 0 Å². The Morgan fingerprint density at radius 3 is 2.31 bits per heavy atom. The first-order valence-corrected chi connectivity index (χ1v) is 10.4. The monoisotopic (exact) mass is 394 g/mol. The van der Waals surface area contributed by atoms with Crippen LogP contribution in [0.3, 0.4) is 0 Å². The second-order valence-corrected chi connectivity index (χ2v) is 7.67. The molecule has 154 valence electrons. The molecule has 0 radical (unpaired) electrons. The van der Waals surface area contributed by atoms with Gasteiger partial charge >= 0.3 is 0 Å². The van der Waals surface area contributed by atoms with E-state index in [2.05, 4.69) is 5.32 Å². The van der Waals surface area contributed by atoms with Gasteiger partial charge in [-0.25, -0.2) is 0 Å². The average molecular weight is 395 g/mol. The summed E-state index contributed by atoms with van der Waals surface area (Å²) in [6.45, 7) is 6.00. The minimum atomic E-state index is -0.0426. The third-order valence-electron chi connectivity index (χ3n) is 5.41. The number of nitrogens with one attached hydrogen (secondary N) is 1. The molecule has 0 unspecified atom stereocenters. The number of hydrogen-bond acceptors (Lipinski definition) is 3. The van der Waals surface area contributed by atoms with Crippen molar-refractivity contribution >= 4 is 11.8 Å². The van der Waals surface area contributed by atoms with Gasteiger partial charge in [0, 0.05) is 31.1 Å². The molecule has 1 heterocycles. The SMILES string of the molecule is Cc1cccc(C)c1OCCCC(=O)N1CCC(NC(=O)c2ccccc2)CC1. The highest BCUT2D eigenvalue weighted by molar-refractivity contribution is 5.94. The normalized spacial score (nSPS) is 14.5. The van der Waals surface area contributed by atoms with Gasteiger partial charge in [0.15, 0.2) is 0 Å². The predicted molar refractivity (Wildman–Crippen MR) is 114 cm³/mol. The van der Waals surface area contributed by atoms with E-state index in [9.17, 15) is 9.59 Å². The lowest BCUT2D eigenvalue weighted by Crippen LogP contribution is -2.46. The molecule has 2 amide bonds. The van der Waals surface area contributed by atoms with E-state index in [0.717, 1.165) is 29.7 Å². The summed E-state index contributed by atoms with van der Waals surface area (Å²) < 4.78 is 5.89. The third-order valence-corrected chi connectivity index (χ3v) is 5.41. The molecule has 0 bridgehead atoms. The van der Waals surface area contributed by atoms with E-state index in [1.165, 1.54) is 0 Å². The Bertz CT molecular complexity index is 807. The van der Waals surface area contributed by atoms with E-state index in [1.807, 2.05) is 67.3 Å². The fraction of sp³-hybridized carbons (Fsp3) is 0.417. The summed E-state index contributed by atoms with van der Waals surface area (Å²) >= 11 is 0. The summed E-state index contributed by atoms with van der Waals surface area (Å²) in [5.74, 6) is 1.05. The molecular formula is C24H30N2O3. The minimum Gasteiger partial charge on any atom is -0.493 e. The van der Waals surface area contributed by atoms with Crippen LogP contribution in [0.15, 0.2) is 48.5 Å². The summed E-state index contributed by atoms with van der Waals surface area (Å²) in [7, 11) is 0. The van der Waals surface area contributed by atoms with Gasteiger partial charge in [-0.05, 0) is 56.4 Å². The van der Waals surface area contributed by atoms with Gasteiger partial charge in [0.05, 0.1) is 6.61 Å². The molecule has 1 fully saturated rings. The largest absolute Gasteiger partial charge is 0.493 e. The number of rotatable bonds is 7. The lowest BCUT2D eigenvalue weighted by atomic mass is 10.0. The van der Waals surface area contributed by atoms with Gasteiger partial charge in [-0.15, -0.1) is 0 Å². The van der Waals surface area contributed by atoms with Crippen LogP contribution in [0.25, 0.3) is 0 Å². The van der Waals surface area contributed by atoms with Crippen molar-refractivity contribution in [2.24, 2.45) is 0 Å². The fourth-order valence-electron chi connectivity index (χ4n) is 3.71. The summed E-state index contributed by atoms with van der Waals surface area (Å²) in [6, 6.07) is 15.5. The van der Waals surface area contributed by atoms with Gasteiger partial charge in [0.2, 0.25) is 5.91 Å². The van der Waals surface area contributed by atoms with Gasteiger partial charge in [0.25, 0.3) is 5.91 Å². The predicted octanol–water partition coefficient (Wildman–Crippen LogP) is 3.88. The summed E-state index contributed by atoms with van der Waals surface area (Å²) in [4.78, 5) is 26.6. The van der Waals surface area contributed by atoms with Crippen molar-refractivity contribution in [1.82, 2.24) is 10.2 Å². The van der Waals surface area contributed by atoms with Crippen molar-refractivity contribution in [2.45, 2.75) is 45.6 Å². The van der Waals surface area contributed by atoms with Crippen molar-refractivity contribution in [1.29, 1.82) is 0 Å². The lowest BCUT2D eigenvalue weighted by Gasteiger charge is -2.32. The third kappa shape index (κ3) is 5.83. The van der Waals surface area contributed by atoms with Crippen molar-refractivity contribution in [3.63, 3.8) is 0 Å². The molecule has 5 nitrogen and oxygen atoms in total. The Labute approximate surface area is 173 Å². The molecule has 29 heavy (non-hydrogen) atoms. The van der Waals surface area contributed by atoms with E-state index < -0.39 is 0 Å². The zero-order valence-corrected chi connectivity index (χ0v) is 17.3. The van der Waals surface area contributed by atoms with Gasteiger partial charge < -0.3 is 15.0 Å². The molecule has 1 aliphatic rings. The minimum absolute atomic E-state index is 0.0426. The van der Waals surface area contributed by atoms with Gasteiger partial charge in [-0.3, -0.25) is 9.59 Å². The Kier molecular flexibility index (Phi) is 7.28. The topological polar surface area (TPSA) is 58.6 Å². The lowest BCUT2D eigenvalue weighted by molar-refractivity contribution is -0.132. The number of para-hydroxylation sites is 1. The number of piperidine rings is 1. The molecule has 2 aromatic carbocycles. The summed E-state index contributed by atoms with van der Waals surface area (Å²) in [6.07, 6.45) is 2.79. The highest BCUT2D eigenvalue weighted by Crippen LogP contribution is 2.22. The smallest absolute Gasteiger partial charge is 0.251 e. The molecule has 0 aromatic heterocycles. The zero-order chi connectivity index (χ0) is 20.6. The Hall–Kier alpha value is -2.82. The first-order chi connectivity index (χ1) is 14.0. The van der Waals surface area contributed by atoms with Crippen molar-refractivity contribution < 1.29 is 14.3 Å². The van der Waals surface area contributed by atoms with Crippen LogP contribution in [0.1, 0.15) is 47.2 Å². The molecule has 1 aliphatic heterocycles. The second-order valence-electron chi connectivity index (χ2n) is 7.67. The van der Waals surface area contributed by atoms with Crippen LogP contribution in [0, 0.1) is 13.8 Å². The number of likely N-dealkylation sites (tertiary alicyclic amines) is 1. The Morgan fingerprint density at radius 2 is 1.66 bits per heavy atom. The van der Waals surface area contributed by atoms with Crippen LogP contribution in [0.4, 0.5) is 0 Å². The quantitative estimate of drug-likeness (QED) is 0.725. The van der Waals surface area contributed by atoms with Crippen LogP contribution in [-0.4, -0.2) is 42.5 Å². The number of aryl methyl sites for hydroxylation is 2. The molecular weight excluding hydrogens is 364 g/mol. The fourth-order valence-corrected chi connectivity index (χ4v) is 3.71. The summed E-state index contributed by atoms with van der Waals surface area (Å²) in [5.41, 5.74) is 2.92. The van der Waals surface area contributed by atoms with Crippen LogP contribution < -0.4 is 10.1 Å². The Balaban J connectivity index is 1.36. The molecule has 2 aromatic rings. The number of carbonyl (C=O) groups excluding carboxylic acids is 2. The number of ether oxygens (including phenoxy) is 1. The van der Waals surface area contributed by atoms with Crippen LogP contribution in [0.2, 0.25) is 0 Å². The number of carbonyl (C=O) groups is 2. The van der Waals surface area contributed by atoms with Crippen LogP contribution in [0.5, 0.6) is 5.75 Å². The van der Waals surface area contributed by atoms with Gasteiger partial charge in [-0.1, -0.05) is 36.4 Å². The molecule has 0 atom stereocenters. The van der Waals surface area contributed by atoms with Crippen molar-refractivity contribution in [3.8, 4) is 5.75 Å². The standard InChI is InChI=1S/C24H30N2O3/c1-18-8-6-9-19(2)23(18)29-17-7-12-22(27)26-15-13-21(14-16-26)25-24(28)20-10-4-3-5-11-20/h3-6,8-11,21H,7,12-17H2,1-2H3,(H,25,28). The molecule has 3 rings (SSSR count). The van der Waals surface area contributed by atoms with Crippen molar-refractivity contribution in [2.75, 3.05) is 19.7 Å². The Morgan fingerprint density at radius 1 is 1.00 bits per heavy atom. The number of nitrogens with zero attached hydrogens (tertiary/aromatic N) is 1. The van der Waals surface area contributed by atoms with Gasteiger partial charge in [-0.2, -0.15) is 0 Å². The first-order valence-electron chi connectivity index (χ1n) is 10.4. The average Bonchev–Trinajstić information content (AvgIpc) is 2.74. The van der Waals surface area contributed by atoms with E-state index in [4.69, 9.17) is 4.74 Å². The van der Waals surface area contributed by atoms with E-state index >= 15 is 0 Å². The molecule has 1 N–H and O–H groups in total. The van der Waals surface area contributed by atoms with Gasteiger partial charge in [0.1, 0.15) is 5.75 Å². The van der Waals surface area contributed by atoms with E-state index in [-0.39, 0.29) is 17.9 Å². The maximum absolute atomic E-state index is 12.5. The molecule has 1 saturated heterocycles. The first kappa shape index (κ1) is 20.9.